The molecule has 2 rings (SSSR count). The fraction of sp³-hybridized carbons (Fsp3) is 0.333. The molecule has 12 heavy (non-hydrogen) atoms. The minimum Gasteiger partial charge on any atom is -0.419 e. The Hall–Kier alpha value is -1.30. The van der Waals surface area contributed by atoms with E-state index in [4.69, 9.17) is 4.42 Å². The van der Waals surface area contributed by atoms with Crippen LogP contribution in [-0.4, -0.2) is 20.4 Å². The van der Waals surface area contributed by atoms with Gasteiger partial charge >= 0.3 is 0 Å². The topological polar surface area (TPSA) is 64.7 Å². The van der Waals surface area contributed by atoms with Crippen LogP contribution in [0, 0.1) is 13.8 Å². The highest BCUT2D eigenvalue weighted by Gasteiger charge is 2.10. The van der Waals surface area contributed by atoms with E-state index in [2.05, 4.69) is 20.4 Å². The third-order valence-electron chi connectivity index (χ3n) is 1.24. The third-order valence-corrected chi connectivity index (χ3v) is 2.06. The predicted octanol–water partition coefficient (Wildman–Crippen LogP) is 1.20. The molecule has 0 fully saturated rings. The molecule has 0 aliphatic carbocycles. The summed E-state index contributed by atoms with van der Waals surface area (Å²) in [4.78, 5) is 0. The SMILES string of the molecule is Cc1nnc(-c2nnc(C)s2)o1. The van der Waals surface area contributed by atoms with E-state index in [0.717, 1.165) is 5.01 Å². The second kappa shape index (κ2) is 2.63. The lowest BCUT2D eigenvalue weighted by Crippen LogP contribution is -1.75. The number of aryl methyl sites for hydroxylation is 2. The van der Waals surface area contributed by atoms with Crippen LogP contribution >= 0.6 is 11.3 Å². The minimum atomic E-state index is 0.443. The summed E-state index contributed by atoms with van der Waals surface area (Å²) in [5.41, 5.74) is 0. The van der Waals surface area contributed by atoms with E-state index >= 15 is 0 Å². The maximum absolute atomic E-state index is 5.17. The maximum atomic E-state index is 5.17. The standard InChI is InChI=1S/C6H6N4OS/c1-3-7-9-5(11-3)6-10-8-4(2)12-6/h1-2H3. The molecule has 0 bridgehead atoms. The first kappa shape index (κ1) is 7.35. The second-order valence-electron chi connectivity index (χ2n) is 2.25. The Morgan fingerprint density at radius 3 is 2.42 bits per heavy atom. The van der Waals surface area contributed by atoms with Crippen LogP contribution in [0.4, 0.5) is 0 Å². The molecule has 2 aromatic rings. The summed E-state index contributed by atoms with van der Waals surface area (Å²) in [7, 11) is 0. The lowest BCUT2D eigenvalue weighted by atomic mass is 10.7. The Morgan fingerprint density at radius 2 is 1.92 bits per heavy atom. The van der Waals surface area contributed by atoms with Crippen LogP contribution in [0.3, 0.4) is 0 Å². The number of hydrogen-bond acceptors (Lipinski definition) is 6. The van der Waals surface area contributed by atoms with Crippen molar-refractivity contribution in [3.8, 4) is 10.9 Å². The Kier molecular flexibility index (Phi) is 1.61. The largest absolute Gasteiger partial charge is 0.419 e. The lowest BCUT2D eigenvalue weighted by Gasteiger charge is -1.80. The quantitative estimate of drug-likeness (QED) is 0.663. The van der Waals surface area contributed by atoms with E-state index in [0.29, 0.717) is 16.8 Å². The van der Waals surface area contributed by atoms with Gasteiger partial charge in [-0.2, -0.15) is 0 Å². The summed E-state index contributed by atoms with van der Waals surface area (Å²) < 4.78 is 5.17. The molecule has 0 aliphatic rings. The van der Waals surface area contributed by atoms with Crippen molar-refractivity contribution in [1.29, 1.82) is 0 Å². The number of nitrogens with zero attached hydrogens (tertiary/aromatic N) is 4. The highest BCUT2D eigenvalue weighted by atomic mass is 32.1. The van der Waals surface area contributed by atoms with Gasteiger partial charge in [0.05, 0.1) is 0 Å². The summed E-state index contributed by atoms with van der Waals surface area (Å²) in [6, 6.07) is 0. The van der Waals surface area contributed by atoms with Crippen molar-refractivity contribution in [1.82, 2.24) is 20.4 Å². The molecule has 0 amide bonds. The van der Waals surface area contributed by atoms with Gasteiger partial charge in [0.2, 0.25) is 10.9 Å². The first-order chi connectivity index (χ1) is 5.75. The van der Waals surface area contributed by atoms with E-state index in [-0.39, 0.29) is 0 Å². The van der Waals surface area contributed by atoms with E-state index in [1.54, 1.807) is 6.92 Å². The highest BCUT2D eigenvalue weighted by Crippen LogP contribution is 2.20. The molecule has 0 atom stereocenters. The van der Waals surface area contributed by atoms with Gasteiger partial charge in [-0.3, -0.25) is 0 Å². The van der Waals surface area contributed by atoms with Gasteiger partial charge in [-0.15, -0.1) is 20.4 Å². The van der Waals surface area contributed by atoms with Gasteiger partial charge in [-0.05, 0) is 6.92 Å². The van der Waals surface area contributed by atoms with Crippen molar-refractivity contribution in [2.24, 2.45) is 0 Å². The molecule has 0 unspecified atom stereocenters. The van der Waals surface area contributed by atoms with E-state index in [1.807, 2.05) is 6.92 Å². The zero-order chi connectivity index (χ0) is 8.55. The average molecular weight is 182 g/mol. The van der Waals surface area contributed by atoms with Crippen LogP contribution in [0.1, 0.15) is 10.9 Å². The van der Waals surface area contributed by atoms with Crippen molar-refractivity contribution >= 4 is 11.3 Å². The highest BCUT2D eigenvalue weighted by molar-refractivity contribution is 7.14. The molecule has 2 heterocycles. The first-order valence-electron chi connectivity index (χ1n) is 3.36. The van der Waals surface area contributed by atoms with Gasteiger partial charge in [0.25, 0.3) is 5.89 Å². The van der Waals surface area contributed by atoms with Gasteiger partial charge in [0.15, 0.2) is 0 Å². The lowest BCUT2D eigenvalue weighted by molar-refractivity contribution is 0.532. The van der Waals surface area contributed by atoms with Crippen LogP contribution in [-0.2, 0) is 0 Å². The molecule has 0 aliphatic heterocycles. The molecule has 0 radical (unpaired) electrons. The fourth-order valence-corrected chi connectivity index (χ4v) is 1.38. The van der Waals surface area contributed by atoms with Gasteiger partial charge < -0.3 is 4.42 Å². The monoisotopic (exact) mass is 182 g/mol. The summed E-state index contributed by atoms with van der Waals surface area (Å²) in [5.74, 6) is 0.982. The van der Waals surface area contributed by atoms with Gasteiger partial charge in [-0.1, -0.05) is 11.3 Å². The molecular formula is C6H6N4OS. The van der Waals surface area contributed by atoms with Crippen molar-refractivity contribution in [3.63, 3.8) is 0 Å². The Morgan fingerprint density at radius 1 is 1.08 bits per heavy atom. The molecule has 2 aromatic heterocycles. The number of hydrogen-bond donors (Lipinski definition) is 0. The van der Waals surface area contributed by atoms with Crippen molar-refractivity contribution < 1.29 is 4.42 Å². The zero-order valence-electron chi connectivity index (χ0n) is 6.61. The van der Waals surface area contributed by atoms with Gasteiger partial charge in [0.1, 0.15) is 5.01 Å². The minimum absolute atomic E-state index is 0.443. The Balaban J connectivity index is 2.43. The van der Waals surface area contributed by atoms with Gasteiger partial charge in [0, 0.05) is 6.92 Å². The van der Waals surface area contributed by atoms with Crippen LogP contribution in [0.25, 0.3) is 10.9 Å². The van der Waals surface area contributed by atoms with Crippen LogP contribution in [0.5, 0.6) is 0 Å². The molecule has 0 spiro atoms. The summed E-state index contributed by atoms with van der Waals surface area (Å²) in [6.07, 6.45) is 0. The van der Waals surface area contributed by atoms with Crippen LogP contribution < -0.4 is 0 Å². The molecule has 0 aromatic carbocycles. The predicted molar refractivity (Wildman–Crippen MR) is 42.7 cm³/mol. The molecule has 62 valence electrons. The molecule has 5 nitrogen and oxygen atoms in total. The average Bonchev–Trinajstić information content (AvgIpc) is 2.58. The van der Waals surface area contributed by atoms with Crippen LogP contribution in [0.2, 0.25) is 0 Å². The Labute approximate surface area is 72.5 Å². The first-order valence-corrected chi connectivity index (χ1v) is 4.18. The summed E-state index contributed by atoms with van der Waals surface area (Å²) in [6.45, 7) is 3.62. The number of rotatable bonds is 1. The molecule has 0 saturated carbocycles. The summed E-state index contributed by atoms with van der Waals surface area (Å²) in [5, 5.41) is 16.8. The van der Waals surface area contributed by atoms with Crippen molar-refractivity contribution in [3.05, 3.63) is 10.9 Å². The van der Waals surface area contributed by atoms with E-state index in [1.165, 1.54) is 11.3 Å². The molecule has 6 heteroatoms. The molecular weight excluding hydrogens is 176 g/mol. The molecule has 0 saturated heterocycles. The zero-order valence-corrected chi connectivity index (χ0v) is 7.42. The van der Waals surface area contributed by atoms with E-state index < -0.39 is 0 Å². The fourth-order valence-electron chi connectivity index (χ4n) is 0.766. The summed E-state index contributed by atoms with van der Waals surface area (Å²) >= 11 is 1.44. The third kappa shape index (κ3) is 1.20. The van der Waals surface area contributed by atoms with Crippen LogP contribution in [0.15, 0.2) is 4.42 Å². The van der Waals surface area contributed by atoms with Crippen molar-refractivity contribution in [2.45, 2.75) is 13.8 Å². The smallest absolute Gasteiger partial charge is 0.278 e. The Bertz CT molecular complexity index is 355. The number of aromatic nitrogens is 4. The molecule has 0 N–H and O–H groups in total. The normalized spacial score (nSPS) is 10.5. The van der Waals surface area contributed by atoms with Crippen molar-refractivity contribution in [2.75, 3.05) is 0 Å². The van der Waals surface area contributed by atoms with E-state index in [9.17, 15) is 0 Å². The second-order valence-corrected chi connectivity index (χ2v) is 3.43. The van der Waals surface area contributed by atoms with Gasteiger partial charge in [-0.25, -0.2) is 0 Å². The maximum Gasteiger partial charge on any atom is 0.278 e.